The maximum absolute atomic E-state index is 11.6. The first-order valence-corrected chi connectivity index (χ1v) is 6.40. The van der Waals surface area contributed by atoms with E-state index in [4.69, 9.17) is 4.42 Å². The zero-order valence-electron chi connectivity index (χ0n) is 10.8. The Morgan fingerprint density at radius 1 is 1.45 bits per heavy atom. The number of thioether (sulfide) groups is 1. The van der Waals surface area contributed by atoms with Crippen molar-refractivity contribution in [3.05, 3.63) is 45.1 Å². The lowest BCUT2D eigenvalue weighted by Gasteiger charge is -2.08. The van der Waals surface area contributed by atoms with Gasteiger partial charge in [0, 0.05) is 14.1 Å². The van der Waals surface area contributed by atoms with Crippen LogP contribution in [0.3, 0.4) is 0 Å². The van der Waals surface area contributed by atoms with Gasteiger partial charge in [-0.15, -0.1) is 0 Å². The van der Waals surface area contributed by atoms with E-state index in [0.717, 1.165) is 0 Å². The summed E-state index contributed by atoms with van der Waals surface area (Å²) >= 11 is 1.27. The third-order valence-electron chi connectivity index (χ3n) is 2.29. The van der Waals surface area contributed by atoms with Crippen molar-refractivity contribution in [2.75, 3.05) is 14.1 Å². The number of hydrogen-bond donors (Lipinski definition) is 0. The number of amidine groups is 1. The molecule has 104 valence electrons. The van der Waals surface area contributed by atoms with Crippen LogP contribution in [0.1, 0.15) is 5.76 Å². The van der Waals surface area contributed by atoms with Crippen molar-refractivity contribution < 1.29 is 14.1 Å². The van der Waals surface area contributed by atoms with Crippen molar-refractivity contribution in [3.8, 4) is 0 Å². The number of nitrogens with zero attached hydrogens (tertiary/aromatic N) is 3. The fourth-order valence-corrected chi connectivity index (χ4v) is 2.15. The summed E-state index contributed by atoms with van der Waals surface area (Å²) in [5.41, 5.74) is 0. The van der Waals surface area contributed by atoms with Gasteiger partial charge in [-0.05, 0) is 30.0 Å². The Morgan fingerprint density at radius 3 is 2.75 bits per heavy atom. The lowest BCUT2D eigenvalue weighted by molar-refractivity contribution is -0.402. The Morgan fingerprint density at radius 2 is 2.20 bits per heavy atom. The van der Waals surface area contributed by atoms with E-state index >= 15 is 0 Å². The summed E-state index contributed by atoms with van der Waals surface area (Å²) in [4.78, 5) is 27.5. The summed E-state index contributed by atoms with van der Waals surface area (Å²) in [6.45, 7) is 0. The minimum absolute atomic E-state index is 0.297. The first-order chi connectivity index (χ1) is 9.47. The summed E-state index contributed by atoms with van der Waals surface area (Å²) in [7, 11) is 3.61. The molecule has 0 saturated carbocycles. The van der Waals surface area contributed by atoms with Crippen molar-refractivity contribution in [2.24, 2.45) is 4.99 Å². The number of carbonyl (C=O) groups is 1. The fraction of sp³-hybridized carbons (Fsp3) is 0.167. The molecule has 0 N–H and O–H groups in total. The molecule has 0 aliphatic carbocycles. The van der Waals surface area contributed by atoms with Crippen molar-refractivity contribution >= 4 is 34.8 Å². The van der Waals surface area contributed by atoms with Crippen molar-refractivity contribution in [1.82, 2.24) is 4.90 Å². The molecule has 20 heavy (non-hydrogen) atoms. The number of nitro groups is 1. The molecule has 0 spiro atoms. The monoisotopic (exact) mass is 293 g/mol. The third-order valence-corrected chi connectivity index (χ3v) is 3.46. The Labute approximate surface area is 118 Å². The zero-order valence-corrected chi connectivity index (χ0v) is 11.6. The number of aliphatic imine (C=N–C) groups is 1. The average Bonchev–Trinajstić information content (AvgIpc) is 2.97. The fourth-order valence-electron chi connectivity index (χ4n) is 1.36. The Hall–Kier alpha value is -2.35. The molecule has 2 heterocycles. The van der Waals surface area contributed by atoms with E-state index in [1.54, 1.807) is 37.2 Å². The number of amides is 1. The molecule has 1 aliphatic heterocycles. The highest BCUT2D eigenvalue weighted by molar-refractivity contribution is 8.18. The van der Waals surface area contributed by atoms with Gasteiger partial charge in [0.2, 0.25) is 0 Å². The van der Waals surface area contributed by atoms with Gasteiger partial charge in [-0.2, -0.15) is 4.99 Å². The van der Waals surface area contributed by atoms with Crippen LogP contribution in [0.15, 0.2) is 38.6 Å². The first kappa shape index (κ1) is 14.1. The number of furan rings is 1. The van der Waals surface area contributed by atoms with Gasteiger partial charge in [-0.1, -0.05) is 6.08 Å². The van der Waals surface area contributed by atoms with Gasteiger partial charge in [0.15, 0.2) is 5.17 Å². The molecular formula is C12H11N3O4S. The van der Waals surface area contributed by atoms with Gasteiger partial charge in [0.05, 0.1) is 11.0 Å². The van der Waals surface area contributed by atoms with Crippen LogP contribution >= 0.6 is 11.8 Å². The lowest BCUT2D eigenvalue weighted by atomic mass is 10.3. The smallest absolute Gasteiger partial charge is 0.401 e. The molecule has 7 nitrogen and oxygen atoms in total. The maximum atomic E-state index is 11.6. The minimum atomic E-state index is -0.608. The second-order valence-corrected chi connectivity index (χ2v) is 5.03. The summed E-state index contributed by atoms with van der Waals surface area (Å²) in [5.74, 6) is -0.270. The lowest BCUT2D eigenvalue weighted by Crippen LogP contribution is -2.16. The van der Waals surface area contributed by atoms with Gasteiger partial charge in [0.25, 0.3) is 5.91 Å². The van der Waals surface area contributed by atoms with Gasteiger partial charge < -0.3 is 9.32 Å². The van der Waals surface area contributed by atoms with E-state index in [2.05, 4.69) is 4.99 Å². The van der Waals surface area contributed by atoms with Gasteiger partial charge >= 0.3 is 5.88 Å². The summed E-state index contributed by atoms with van der Waals surface area (Å²) in [6, 6.07) is 2.76. The SMILES string of the molecule is CN(C)C1=NC(=O)C(=CC=Cc2ccc([N+](=O)[O-])o2)S1. The summed E-state index contributed by atoms with van der Waals surface area (Å²) in [6.07, 6.45) is 4.74. The molecular weight excluding hydrogens is 282 g/mol. The topological polar surface area (TPSA) is 89.0 Å². The van der Waals surface area contributed by atoms with Crippen LogP contribution in [-0.4, -0.2) is 35.0 Å². The Balaban J connectivity index is 2.04. The molecule has 1 aromatic rings. The largest absolute Gasteiger partial charge is 0.433 e. The number of allylic oxidation sites excluding steroid dienone is 2. The van der Waals surface area contributed by atoms with Gasteiger partial charge in [-0.25, -0.2) is 0 Å². The van der Waals surface area contributed by atoms with Gasteiger partial charge in [-0.3, -0.25) is 14.9 Å². The van der Waals surface area contributed by atoms with Gasteiger partial charge in [0.1, 0.15) is 10.7 Å². The molecule has 1 amide bonds. The molecule has 1 aromatic heterocycles. The van der Waals surface area contributed by atoms with Crippen LogP contribution in [0.5, 0.6) is 0 Å². The van der Waals surface area contributed by atoms with Crippen LogP contribution in [0.4, 0.5) is 5.88 Å². The van der Waals surface area contributed by atoms with Crippen LogP contribution in [-0.2, 0) is 4.79 Å². The molecule has 0 bridgehead atoms. The molecule has 2 rings (SSSR count). The third kappa shape index (κ3) is 3.15. The Bertz CT molecular complexity index is 643. The molecule has 0 fully saturated rings. The van der Waals surface area contributed by atoms with Crippen LogP contribution < -0.4 is 0 Å². The second kappa shape index (κ2) is 5.74. The summed E-state index contributed by atoms with van der Waals surface area (Å²) < 4.78 is 4.95. The standard InChI is InChI=1S/C12H11N3O4S/c1-14(2)12-13-11(16)9(20-12)5-3-4-8-6-7-10(19-8)15(17)18/h3-7H,1-2H3. The number of carbonyl (C=O) groups excluding carboxylic acids is 1. The quantitative estimate of drug-likeness (QED) is 0.482. The predicted molar refractivity (Wildman–Crippen MR) is 76.2 cm³/mol. The van der Waals surface area contributed by atoms with E-state index in [9.17, 15) is 14.9 Å². The number of rotatable bonds is 3. The minimum Gasteiger partial charge on any atom is -0.401 e. The van der Waals surface area contributed by atoms with Crippen LogP contribution in [0.25, 0.3) is 6.08 Å². The highest BCUT2D eigenvalue weighted by atomic mass is 32.2. The van der Waals surface area contributed by atoms with Crippen LogP contribution in [0, 0.1) is 10.1 Å². The maximum Gasteiger partial charge on any atom is 0.433 e. The molecule has 8 heteroatoms. The molecule has 0 atom stereocenters. The van der Waals surface area contributed by atoms with E-state index in [1.165, 1.54) is 23.9 Å². The first-order valence-electron chi connectivity index (χ1n) is 5.58. The molecule has 0 radical (unpaired) electrons. The van der Waals surface area contributed by atoms with E-state index < -0.39 is 4.92 Å². The normalized spacial score (nSPS) is 17.0. The predicted octanol–water partition coefficient (Wildman–Crippen LogP) is 2.28. The molecule has 1 aliphatic rings. The van der Waals surface area contributed by atoms with Crippen molar-refractivity contribution in [2.45, 2.75) is 0 Å². The molecule has 0 aromatic carbocycles. The average molecular weight is 293 g/mol. The van der Waals surface area contributed by atoms with Crippen molar-refractivity contribution in [3.63, 3.8) is 0 Å². The van der Waals surface area contributed by atoms with E-state index in [-0.39, 0.29) is 11.8 Å². The molecule has 0 unspecified atom stereocenters. The Kier molecular flexibility index (Phi) is 4.04. The number of hydrogen-bond acceptors (Lipinski definition) is 6. The van der Waals surface area contributed by atoms with Crippen LogP contribution in [0.2, 0.25) is 0 Å². The zero-order chi connectivity index (χ0) is 14.7. The highest BCUT2D eigenvalue weighted by Crippen LogP contribution is 2.27. The van der Waals surface area contributed by atoms with Crippen molar-refractivity contribution in [1.29, 1.82) is 0 Å². The second-order valence-electron chi connectivity index (χ2n) is 4.02. The summed E-state index contributed by atoms with van der Waals surface area (Å²) in [5, 5.41) is 11.1. The van der Waals surface area contributed by atoms with E-state index in [0.29, 0.717) is 15.8 Å². The van der Waals surface area contributed by atoms with E-state index in [1.807, 2.05) is 0 Å². The molecule has 0 saturated heterocycles. The highest BCUT2D eigenvalue weighted by Gasteiger charge is 2.22.